The first-order valence-corrected chi connectivity index (χ1v) is 10.3. The normalized spacial score (nSPS) is 30.9. The van der Waals surface area contributed by atoms with Gasteiger partial charge in [0, 0.05) is 17.0 Å². The van der Waals surface area contributed by atoms with Crippen LogP contribution in [0.5, 0.6) is 5.75 Å². The summed E-state index contributed by atoms with van der Waals surface area (Å²) in [4.78, 5) is 0. The second-order valence-corrected chi connectivity index (χ2v) is 8.60. The first-order chi connectivity index (χ1) is 14.9. The highest BCUT2D eigenvalue weighted by atomic mass is 35.5. The predicted octanol–water partition coefficient (Wildman–Crippen LogP) is 3.27. The molecule has 5 atom stereocenters. The monoisotopic (exact) mass is 474 g/mol. The largest absolute Gasteiger partial charge is 0.573 e. The van der Waals surface area contributed by atoms with Gasteiger partial charge in [0.25, 0.3) is 0 Å². The van der Waals surface area contributed by atoms with Gasteiger partial charge in [-0.2, -0.15) is 0 Å². The summed E-state index contributed by atoms with van der Waals surface area (Å²) in [6, 6.07) is 10.2. The standard InChI is InChI=1S/C22H22ClF3O6/c1-12(27)20-10-18(28)19(29)21(32-20,30-11-20)15-4-7-17(23)14(9-15)8-13-2-5-16(6-3-13)31-22(24,25)26/h2-7,9,12,18-19,27-29H,8,10-11H2,1H3/t12?,18-,19?,20+,21-/m0/s1. The van der Waals surface area contributed by atoms with Gasteiger partial charge in [-0.05, 0) is 48.7 Å². The fraction of sp³-hybridized carbons (Fsp3) is 0.455. The van der Waals surface area contributed by atoms with Crippen molar-refractivity contribution in [2.75, 3.05) is 6.61 Å². The van der Waals surface area contributed by atoms with Crippen molar-refractivity contribution < 1.29 is 42.7 Å². The van der Waals surface area contributed by atoms with E-state index in [4.69, 9.17) is 21.1 Å². The van der Waals surface area contributed by atoms with Gasteiger partial charge in [0.2, 0.25) is 5.79 Å². The molecule has 2 fully saturated rings. The third-order valence-corrected chi connectivity index (χ3v) is 6.32. The van der Waals surface area contributed by atoms with E-state index >= 15 is 0 Å². The lowest BCUT2D eigenvalue weighted by Gasteiger charge is -2.44. The van der Waals surface area contributed by atoms with Gasteiger partial charge in [-0.3, -0.25) is 0 Å². The van der Waals surface area contributed by atoms with Crippen LogP contribution in [0.4, 0.5) is 13.2 Å². The van der Waals surface area contributed by atoms with Gasteiger partial charge in [-0.1, -0.05) is 29.8 Å². The molecule has 0 amide bonds. The average molecular weight is 475 g/mol. The Balaban J connectivity index is 1.62. The van der Waals surface area contributed by atoms with Crippen molar-refractivity contribution in [3.8, 4) is 5.75 Å². The van der Waals surface area contributed by atoms with Crippen molar-refractivity contribution in [1.82, 2.24) is 0 Å². The molecular weight excluding hydrogens is 453 g/mol. The number of ether oxygens (including phenoxy) is 3. The number of aliphatic hydroxyl groups excluding tert-OH is 3. The Morgan fingerprint density at radius 2 is 1.88 bits per heavy atom. The molecule has 4 rings (SSSR count). The minimum Gasteiger partial charge on any atom is -0.406 e. The maximum Gasteiger partial charge on any atom is 0.573 e. The topological polar surface area (TPSA) is 88.4 Å². The molecule has 2 unspecified atom stereocenters. The number of hydrogen-bond acceptors (Lipinski definition) is 6. The second-order valence-electron chi connectivity index (χ2n) is 8.19. The molecule has 0 spiro atoms. The molecule has 2 aliphatic rings. The van der Waals surface area contributed by atoms with E-state index in [0.717, 1.165) is 0 Å². The zero-order chi connectivity index (χ0) is 23.3. The minimum absolute atomic E-state index is 0.0143. The summed E-state index contributed by atoms with van der Waals surface area (Å²) >= 11 is 6.34. The molecule has 0 radical (unpaired) electrons. The molecular formula is C22H22ClF3O6. The highest BCUT2D eigenvalue weighted by Gasteiger charge is 2.64. The molecule has 0 aromatic heterocycles. The van der Waals surface area contributed by atoms with Crippen LogP contribution in [0.3, 0.4) is 0 Å². The Labute approximate surface area is 187 Å². The Morgan fingerprint density at radius 3 is 2.50 bits per heavy atom. The van der Waals surface area contributed by atoms with Gasteiger partial charge in [0.1, 0.15) is 17.5 Å². The van der Waals surface area contributed by atoms with Gasteiger partial charge in [-0.25, -0.2) is 0 Å². The molecule has 2 bridgehead atoms. The number of fused-ring (bicyclic) bond motifs is 2. The third kappa shape index (κ3) is 4.21. The van der Waals surface area contributed by atoms with Crippen molar-refractivity contribution in [1.29, 1.82) is 0 Å². The molecule has 2 heterocycles. The van der Waals surface area contributed by atoms with Crippen LogP contribution in [-0.4, -0.2) is 52.2 Å². The Morgan fingerprint density at radius 1 is 1.19 bits per heavy atom. The number of hydrogen-bond donors (Lipinski definition) is 3. The summed E-state index contributed by atoms with van der Waals surface area (Å²) in [5.41, 5.74) is 0.527. The summed E-state index contributed by atoms with van der Waals surface area (Å²) in [5, 5.41) is 31.7. The Bertz CT molecular complexity index is 983. The number of rotatable bonds is 5. The van der Waals surface area contributed by atoms with Crippen LogP contribution in [0.1, 0.15) is 30.0 Å². The van der Waals surface area contributed by atoms with E-state index in [1.807, 2.05) is 0 Å². The van der Waals surface area contributed by atoms with E-state index in [9.17, 15) is 28.5 Å². The molecule has 2 aliphatic heterocycles. The zero-order valence-corrected chi connectivity index (χ0v) is 17.7. The molecule has 174 valence electrons. The molecule has 3 N–H and O–H groups in total. The van der Waals surface area contributed by atoms with E-state index in [1.165, 1.54) is 31.2 Å². The van der Waals surface area contributed by atoms with Crippen molar-refractivity contribution >= 4 is 11.6 Å². The maximum absolute atomic E-state index is 12.4. The van der Waals surface area contributed by atoms with Crippen LogP contribution in [-0.2, 0) is 21.7 Å². The maximum atomic E-state index is 12.4. The van der Waals surface area contributed by atoms with Crippen molar-refractivity contribution in [2.24, 2.45) is 0 Å². The molecule has 10 heteroatoms. The van der Waals surface area contributed by atoms with Gasteiger partial charge in [0.15, 0.2) is 0 Å². The van der Waals surface area contributed by atoms with Crippen LogP contribution < -0.4 is 4.74 Å². The van der Waals surface area contributed by atoms with Gasteiger partial charge >= 0.3 is 6.36 Å². The fourth-order valence-corrected chi connectivity index (χ4v) is 4.39. The number of aliphatic hydroxyl groups is 3. The molecule has 2 aromatic rings. The van der Waals surface area contributed by atoms with Crippen LogP contribution in [0.2, 0.25) is 5.02 Å². The summed E-state index contributed by atoms with van der Waals surface area (Å²) < 4.78 is 52.9. The van der Waals surface area contributed by atoms with Crippen LogP contribution in [0.15, 0.2) is 42.5 Å². The number of benzene rings is 2. The van der Waals surface area contributed by atoms with E-state index in [0.29, 0.717) is 21.7 Å². The fourth-order valence-electron chi connectivity index (χ4n) is 4.20. The zero-order valence-electron chi connectivity index (χ0n) is 17.0. The number of alkyl halides is 3. The van der Waals surface area contributed by atoms with Crippen LogP contribution >= 0.6 is 11.6 Å². The van der Waals surface area contributed by atoms with Gasteiger partial charge < -0.3 is 29.5 Å². The van der Waals surface area contributed by atoms with Crippen molar-refractivity contribution in [3.05, 3.63) is 64.2 Å². The summed E-state index contributed by atoms with van der Waals surface area (Å²) in [7, 11) is 0. The lowest BCUT2D eigenvalue weighted by Crippen LogP contribution is -2.58. The first-order valence-electron chi connectivity index (χ1n) is 9.96. The Kier molecular flexibility index (Phi) is 5.94. The van der Waals surface area contributed by atoms with Crippen LogP contribution in [0, 0.1) is 0 Å². The molecule has 0 saturated carbocycles. The SMILES string of the molecule is CC(O)[C@@]12CO[C@@](c3ccc(Cl)c(Cc4ccc(OC(F)(F)F)cc4)c3)(O1)C(O)[C@@H](O)C2. The van der Waals surface area contributed by atoms with E-state index in [1.54, 1.807) is 18.2 Å². The molecule has 0 aliphatic carbocycles. The van der Waals surface area contributed by atoms with Gasteiger partial charge in [-0.15, -0.1) is 13.2 Å². The van der Waals surface area contributed by atoms with E-state index in [2.05, 4.69) is 4.74 Å². The average Bonchev–Trinajstić information content (AvgIpc) is 3.06. The third-order valence-electron chi connectivity index (χ3n) is 5.96. The lowest BCUT2D eigenvalue weighted by atomic mass is 9.83. The van der Waals surface area contributed by atoms with Crippen molar-refractivity contribution in [3.63, 3.8) is 0 Å². The van der Waals surface area contributed by atoms with Crippen molar-refractivity contribution in [2.45, 2.75) is 55.8 Å². The van der Waals surface area contributed by atoms with E-state index < -0.39 is 36.1 Å². The van der Waals surface area contributed by atoms with Crippen LogP contribution in [0.25, 0.3) is 0 Å². The quantitative estimate of drug-likeness (QED) is 0.616. The summed E-state index contributed by atoms with van der Waals surface area (Å²) in [5.74, 6) is -2.01. The van der Waals surface area contributed by atoms with E-state index in [-0.39, 0.29) is 25.2 Å². The minimum atomic E-state index is -4.77. The summed E-state index contributed by atoms with van der Waals surface area (Å²) in [6.45, 7) is 1.51. The molecule has 2 saturated heterocycles. The second kappa shape index (κ2) is 8.16. The predicted molar refractivity (Wildman–Crippen MR) is 107 cm³/mol. The number of halogens is 4. The smallest absolute Gasteiger partial charge is 0.406 e. The highest BCUT2D eigenvalue weighted by Crippen LogP contribution is 2.51. The lowest BCUT2D eigenvalue weighted by molar-refractivity contribution is -0.309. The molecule has 32 heavy (non-hydrogen) atoms. The summed E-state index contributed by atoms with van der Waals surface area (Å²) in [6.07, 6.45) is -8.01. The van der Waals surface area contributed by atoms with Gasteiger partial charge in [0.05, 0.1) is 18.8 Å². The highest BCUT2D eigenvalue weighted by molar-refractivity contribution is 6.31. The molecule has 6 nitrogen and oxygen atoms in total. The Hall–Kier alpha value is -1.88. The molecule has 2 aromatic carbocycles. The first kappa shape index (κ1) is 23.3.